The zero-order valence-corrected chi connectivity index (χ0v) is 6.08. The van der Waals surface area contributed by atoms with E-state index in [1.54, 1.807) is 13.0 Å². The van der Waals surface area contributed by atoms with Gasteiger partial charge in [-0.3, -0.25) is 4.79 Å². The molecule has 0 aliphatic heterocycles. The number of rotatable bonds is 4. The van der Waals surface area contributed by atoms with E-state index in [1.165, 1.54) is 0 Å². The standard InChI is InChI=1S/C7H13NO2/c1-3-4-5(2)6(8)7(9)10/h3,5-6H,1,4,8H2,2H3,(H,9,10)/t5-,6+/m0/s1. The van der Waals surface area contributed by atoms with Crippen molar-refractivity contribution in [1.29, 1.82) is 0 Å². The lowest BCUT2D eigenvalue weighted by Gasteiger charge is -2.12. The van der Waals surface area contributed by atoms with Gasteiger partial charge < -0.3 is 10.8 Å². The molecule has 10 heavy (non-hydrogen) atoms. The van der Waals surface area contributed by atoms with Crippen LogP contribution in [-0.4, -0.2) is 17.1 Å². The Morgan fingerprint density at radius 1 is 1.90 bits per heavy atom. The highest BCUT2D eigenvalue weighted by atomic mass is 16.4. The van der Waals surface area contributed by atoms with Crippen LogP contribution in [0.15, 0.2) is 12.7 Å². The Morgan fingerprint density at radius 2 is 2.40 bits per heavy atom. The minimum atomic E-state index is -0.950. The molecule has 0 bridgehead atoms. The van der Waals surface area contributed by atoms with E-state index in [-0.39, 0.29) is 5.92 Å². The Balaban J connectivity index is 3.80. The van der Waals surface area contributed by atoms with Crippen molar-refractivity contribution in [3.63, 3.8) is 0 Å². The minimum absolute atomic E-state index is 0.0324. The van der Waals surface area contributed by atoms with Crippen LogP contribution >= 0.6 is 0 Å². The molecular weight excluding hydrogens is 130 g/mol. The molecule has 0 spiro atoms. The summed E-state index contributed by atoms with van der Waals surface area (Å²) in [5, 5.41) is 8.42. The lowest BCUT2D eigenvalue weighted by molar-refractivity contribution is -0.139. The van der Waals surface area contributed by atoms with Gasteiger partial charge in [-0.1, -0.05) is 13.0 Å². The predicted molar refractivity (Wildman–Crippen MR) is 39.6 cm³/mol. The number of hydrogen-bond donors (Lipinski definition) is 2. The maximum absolute atomic E-state index is 10.3. The van der Waals surface area contributed by atoms with Gasteiger partial charge in [0.15, 0.2) is 0 Å². The SMILES string of the molecule is C=CC[C@H](C)[C@@H](N)C(=O)O. The molecule has 0 heterocycles. The van der Waals surface area contributed by atoms with Crippen molar-refractivity contribution in [3.05, 3.63) is 12.7 Å². The molecule has 0 radical (unpaired) electrons. The lowest BCUT2D eigenvalue weighted by atomic mass is 10.00. The Hall–Kier alpha value is -0.830. The summed E-state index contributed by atoms with van der Waals surface area (Å²) < 4.78 is 0. The van der Waals surface area contributed by atoms with Crippen molar-refractivity contribution in [2.75, 3.05) is 0 Å². The van der Waals surface area contributed by atoms with E-state index in [0.29, 0.717) is 6.42 Å². The Labute approximate surface area is 60.5 Å². The van der Waals surface area contributed by atoms with Crippen LogP contribution in [0.1, 0.15) is 13.3 Å². The molecule has 0 rings (SSSR count). The van der Waals surface area contributed by atoms with Crippen molar-refractivity contribution in [2.24, 2.45) is 11.7 Å². The molecule has 0 aromatic rings. The quantitative estimate of drug-likeness (QED) is 0.567. The molecule has 2 atom stereocenters. The van der Waals surface area contributed by atoms with Gasteiger partial charge in [0, 0.05) is 0 Å². The Kier molecular flexibility index (Phi) is 3.72. The maximum Gasteiger partial charge on any atom is 0.320 e. The molecule has 3 heteroatoms. The zero-order chi connectivity index (χ0) is 8.15. The second kappa shape index (κ2) is 4.06. The number of carboxylic acid groups (broad SMARTS) is 1. The summed E-state index contributed by atoms with van der Waals surface area (Å²) in [4.78, 5) is 10.3. The van der Waals surface area contributed by atoms with Crippen molar-refractivity contribution in [2.45, 2.75) is 19.4 Å². The van der Waals surface area contributed by atoms with Crippen molar-refractivity contribution >= 4 is 5.97 Å². The summed E-state index contributed by atoms with van der Waals surface area (Å²) in [5.74, 6) is -0.982. The fourth-order valence-electron chi connectivity index (χ4n) is 0.653. The van der Waals surface area contributed by atoms with Gasteiger partial charge in [-0.15, -0.1) is 6.58 Å². The first-order chi connectivity index (χ1) is 4.59. The lowest BCUT2D eigenvalue weighted by Crippen LogP contribution is -2.36. The van der Waals surface area contributed by atoms with E-state index in [1.807, 2.05) is 0 Å². The van der Waals surface area contributed by atoms with Crippen LogP contribution in [-0.2, 0) is 4.79 Å². The molecule has 0 saturated heterocycles. The van der Waals surface area contributed by atoms with Crippen LogP contribution in [0.3, 0.4) is 0 Å². The third kappa shape index (κ3) is 2.64. The molecule has 0 saturated carbocycles. The summed E-state index contributed by atoms with van der Waals surface area (Å²) in [6, 6.07) is -0.766. The minimum Gasteiger partial charge on any atom is -0.480 e. The third-order valence-electron chi connectivity index (χ3n) is 1.44. The van der Waals surface area contributed by atoms with Gasteiger partial charge in [-0.2, -0.15) is 0 Å². The molecule has 58 valence electrons. The summed E-state index contributed by atoms with van der Waals surface area (Å²) in [6.07, 6.45) is 2.32. The molecule has 0 unspecified atom stereocenters. The van der Waals surface area contributed by atoms with Crippen LogP contribution in [0.2, 0.25) is 0 Å². The summed E-state index contributed by atoms with van der Waals surface area (Å²) in [5.41, 5.74) is 5.30. The number of carbonyl (C=O) groups is 1. The smallest absolute Gasteiger partial charge is 0.320 e. The monoisotopic (exact) mass is 143 g/mol. The third-order valence-corrected chi connectivity index (χ3v) is 1.44. The molecular formula is C7H13NO2. The molecule has 0 fully saturated rings. The van der Waals surface area contributed by atoms with Gasteiger partial charge >= 0.3 is 5.97 Å². The fourth-order valence-corrected chi connectivity index (χ4v) is 0.653. The summed E-state index contributed by atoms with van der Waals surface area (Å²) in [7, 11) is 0. The molecule has 0 aliphatic rings. The fraction of sp³-hybridized carbons (Fsp3) is 0.571. The normalized spacial score (nSPS) is 15.8. The van der Waals surface area contributed by atoms with Crippen LogP contribution < -0.4 is 5.73 Å². The largest absolute Gasteiger partial charge is 0.480 e. The van der Waals surface area contributed by atoms with Crippen LogP contribution in [0.4, 0.5) is 0 Å². The number of allylic oxidation sites excluding steroid dienone is 1. The highest BCUT2D eigenvalue weighted by Crippen LogP contribution is 2.05. The van der Waals surface area contributed by atoms with E-state index in [4.69, 9.17) is 10.8 Å². The van der Waals surface area contributed by atoms with Crippen molar-refractivity contribution in [3.8, 4) is 0 Å². The van der Waals surface area contributed by atoms with Gasteiger partial charge in [0.1, 0.15) is 6.04 Å². The second-order valence-electron chi connectivity index (χ2n) is 2.37. The van der Waals surface area contributed by atoms with E-state index in [9.17, 15) is 4.79 Å². The molecule has 3 nitrogen and oxygen atoms in total. The highest BCUT2D eigenvalue weighted by molar-refractivity contribution is 5.73. The van der Waals surface area contributed by atoms with Crippen LogP contribution in [0, 0.1) is 5.92 Å². The zero-order valence-electron chi connectivity index (χ0n) is 6.08. The summed E-state index contributed by atoms with van der Waals surface area (Å²) in [6.45, 7) is 5.29. The number of carboxylic acids is 1. The first-order valence-corrected chi connectivity index (χ1v) is 3.19. The molecule has 0 aromatic heterocycles. The van der Waals surface area contributed by atoms with Gasteiger partial charge in [0.05, 0.1) is 0 Å². The highest BCUT2D eigenvalue weighted by Gasteiger charge is 2.17. The first-order valence-electron chi connectivity index (χ1n) is 3.19. The maximum atomic E-state index is 10.3. The molecule has 0 aliphatic carbocycles. The Bertz CT molecular complexity index is 134. The number of nitrogens with two attached hydrogens (primary N) is 1. The van der Waals surface area contributed by atoms with Crippen LogP contribution in [0.5, 0.6) is 0 Å². The van der Waals surface area contributed by atoms with E-state index in [0.717, 1.165) is 0 Å². The second-order valence-corrected chi connectivity index (χ2v) is 2.37. The predicted octanol–water partition coefficient (Wildman–Crippen LogP) is 0.611. The van der Waals surface area contributed by atoms with E-state index >= 15 is 0 Å². The molecule has 0 amide bonds. The Morgan fingerprint density at radius 3 is 2.70 bits per heavy atom. The topological polar surface area (TPSA) is 63.3 Å². The van der Waals surface area contributed by atoms with Gasteiger partial charge in [0.25, 0.3) is 0 Å². The summed E-state index contributed by atoms with van der Waals surface area (Å²) >= 11 is 0. The van der Waals surface area contributed by atoms with Gasteiger partial charge in [-0.05, 0) is 12.3 Å². The molecule has 3 N–H and O–H groups in total. The van der Waals surface area contributed by atoms with Crippen molar-refractivity contribution < 1.29 is 9.90 Å². The van der Waals surface area contributed by atoms with Crippen LogP contribution in [0.25, 0.3) is 0 Å². The van der Waals surface area contributed by atoms with E-state index in [2.05, 4.69) is 6.58 Å². The number of hydrogen-bond acceptors (Lipinski definition) is 2. The molecule has 0 aromatic carbocycles. The average molecular weight is 143 g/mol. The van der Waals surface area contributed by atoms with Gasteiger partial charge in [-0.25, -0.2) is 0 Å². The first kappa shape index (κ1) is 9.17. The number of aliphatic carboxylic acids is 1. The van der Waals surface area contributed by atoms with E-state index < -0.39 is 12.0 Å². The van der Waals surface area contributed by atoms with Crippen molar-refractivity contribution in [1.82, 2.24) is 0 Å². The van der Waals surface area contributed by atoms with Gasteiger partial charge in [0.2, 0.25) is 0 Å². The average Bonchev–Trinajstić information content (AvgIpc) is 1.87.